The van der Waals surface area contributed by atoms with Crippen molar-refractivity contribution in [3.63, 3.8) is 0 Å². The van der Waals surface area contributed by atoms with Gasteiger partial charge in [0.1, 0.15) is 5.76 Å². The van der Waals surface area contributed by atoms with E-state index in [-0.39, 0.29) is 11.3 Å². The first-order valence-corrected chi connectivity index (χ1v) is 5.47. The average molecular weight is 224 g/mol. The Kier molecular flexibility index (Phi) is 4.12. The minimum absolute atomic E-state index is 0.112. The molecule has 0 saturated heterocycles. The number of nitrogens with one attached hydrogen (secondary N) is 1. The van der Waals surface area contributed by atoms with Crippen LogP contribution in [0.25, 0.3) is 0 Å². The van der Waals surface area contributed by atoms with E-state index >= 15 is 0 Å². The summed E-state index contributed by atoms with van der Waals surface area (Å²) in [7, 11) is 0. The van der Waals surface area contributed by atoms with Gasteiger partial charge in [0.25, 0.3) is 0 Å². The normalized spacial score (nSPS) is 13.5. The summed E-state index contributed by atoms with van der Waals surface area (Å²) in [5.74, 6) is 0.753. The van der Waals surface area contributed by atoms with E-state index < -0.39 is 6.04 Å². The maximum absolute atomic E-state index is 11.7. The van der Waals surface area contributed by atoms with E-state index in [2.05, 4.69) is 5.32 Å². The van der Waals surface area contributed by atoms with Crippen LogP contribution < -0.4 is 11.1 Å². The third-order valence-corrected chi connectivity index (χ3v) is 2.47. The van der Waals surface area contributed by atoms with E-state index in [4.69, 9.17) is 10.2 Å². The number of hydrogen-bond acceptors (Lipinski definition) is 3. The second kappa shape index (κ2) is 5.16. The molecule has 0 bridgehead atoms. The third-order valence-electron chi connectivity index (χ3n) is 2.47. The molecule has 1 heterocycles. The van der Waals surface area contributed by atoms with Crippen molar-refractivity contribution < 1.29 is 9.21 Å². The first-order chi connectivity index (χ1) is 7.41. The van der Waals surface area contributed by atoms with Crippen molar-refractivity contribution in [3.8, 4) is 0 Å². The Hall–Kier alpha value is -1.29. The molecule has 16 heavy (non-hydrogen) atoms. The van der Waals surface area contributed by atoms with Gasteiger partial charge in [0.2, 0.25) is 5.91 Å². The standard InChI is InChI=1S/C12H20N2O2/c1-12(2,3)10(13)11(15)14-7-6-9-5-4-8-16-9/h4-5,8,10H,6-7,13H2,1-3H3,(H,14,15). The average Bonchev–Trinajstić information content (AvgIpc) is 2.67. The summed E-state index contributed by atoms with van der Waals surface area (Å²) >= 11 is 0. The van der Waals surface area contributed by atoms with Gasteiger partial charge in [0.05, 0.1) is 12.3 Å². The van der Waals surface area contributed by atoms with Crippen LogP contribution in [-0.2, 0) is 11.2 Å². The molecule has 0 fully saturated rings. The monoisotopic (exact) mass is 224 g/mol. The molecule has 0 spiro atoms. The van der Waals surface area contributed by atoms with Gasteiger partial charge in [-0.3, -0.25) is 4.79 Å². The quantitative estimate of drug-likeness (QED) is 0.810. The van der Waals surface area contributed by atoms with Gasteiger partial charge < -0.3 is 15.5 Å². The van der Waals surface area contributed by atoms with Crippen molar-refractivity contribution in [1.29, 1.82) is 0 Å². The van der Waals surface area contributed by atoms with Crippen molar-refractivity contribution in [1.82, 2.24) is 5.32 Å². The molecule has 0 aliphatic rings. The van der Waals surface area contributed by atoms with Crippen LogP contribution in [0.3, 0.4) is 0 Å². The number of carbonyl (C=O) groups is 1. The number of hydrogen-bond donors (Lipinski definition) is 2. The third kappa shape index (κ3) is 3.70. The van der Waals surface area contributed by atoms with Crippen LogP contribution in [0.1, 0.15) is 26.5 Å². The fraction of sp³-hybridized carbons (Fsp3) is 0.583. The van der Waals surface area contributed by atoms with Crippen LogP contribution in [0.5, 0.6) is 0 Å². The molecule has 4 heteroatoms. The highest BCUT2D eigenvalue weighted by atomic mass is 16.3. The molecule has 0 aromatic carbocycles. The molecule has 4 nitrogen and oxygen atoms in total. The van der Waals surface area contributed by atoms with Crippen molar-refractivity contribution in [2.24, 2.45) is 11.1 Å². The Morgan fingerprint density at radius 3 is 2.75 bits per heavy atom. The number of nitrogens with two attached hydrogens (primary N) is 1. The summed E-state index contributed by atoms with van der Waals surface area (Å²) in [6, 6.07) is 3.23. The van der Waals surface area contributed by atoms with Gasteiger partial charge in [-0.1, -0.05) is 20.8 Å². The van der Waals surface area contributed by atoms with E-state index in [9.17, 15) is 4.79 Å². The van der Waals surface area contributed by atoms with Crippen LogP contribution in [0.4, 0.5) is 0 Å². The summed E-state index contributed by atoms with van der Waals surface area (Å²) in [6.45, 7) is 6.40. The summed E-state index contributed by atoms with van der Waals surface area (Å²) in [5, 5.41) is 2.80. The molecule has 0 aliphatic carbocycles. The molecule has 1 rings (SSSR count). The van der Waals surface area contributed by atoms with Crippen molar-refractivity contribution in [3.05, 3.63) is 24.2 Å². The fourth-order valence-electron chi connectivity index (χ4n) is 1.27. The highest BCUT2D eigenvalue weighted by Gasteiger charge is 2.26. The highest BCUT2D eigenvalue weighted by molar-refractivity contribution is 5.82. The Morgan fingerprint density at radius 1 is 1.56 bits per heavy atom. The maximum Gasteiger partial charge on any atom is 0.237 e. The van der Waals surface area contributed by atoms with Crippen LogP contribution in [0, 0.1) is 5.41 Å². The second-order valence-electron chi connectivity index (χ2n) is 4.96. The Labute approximate surface area is 96.2 Å². The van der Waals surface area contributed by atoms with Crippen molar-refractivity contribution >= 4 is 5.91 Å². The molecule has 1 aromatic rings. The molecule has 0 radical (unpaired) electrons. The zero-order valence-corrected chi connectivity index (χ0v) is 10.1. The van der Waals surface area contributed by atoms with Crippen LogP contribution >= 0.6 is 0 Å². The molecule has 0 aliphatic heterocycles. The molecule has 1 aromatic heterocycles. The number of rotatable bonds is 4. The lowest BCUT2D eigenvalue weighted by Crippen LogP contribution is -2.48. The second-order valence-corrected chi connectivity index (χ2v) is 4.96. The van der Waals surface area contributed by atoms with Crippen molar-refractivity contribution in [2.75, 3.05) is 6.54 Å². The SMILES string of the molecule is CC(C)(C)C(N)C(=O)NCCc1ccco1. The van der Waals surface area contributed by atoms with E-state index in [1.807, 2.05) is 32.9 Å². The lowest BCUT2D eigenvalue weighted by molar-refractivity contribution is -0.124. The predicted octanol–water partition coefficient (Wildman–Crippen LogP) is 1.31. The molecule has 1 unspecified atom stereocenters. The summed E-state index contributed by atoms with van der Waals surface area (Å²) in [6.07, 6.45) is 2.31. The van der Waals surface area contributed by atoms with Gasteiger partial charge in [-0.15, -0.1) is 0 Å². The number of furan rings is 1. The van der Waals surface area contributed by atoms with E-state index in [0.717, 1.165) is 5.76 Å². The van der Waals surface area contributed by atoms with Gasteiger partial charge in [-0.2, -0.15) is 0 Å². The number of amides is 1. The highest BCUT2D eigenvalue weighted by Crippen LogP contribution is 2.17. The lowest BCUT2D eigenvalue weighted by Gasteiger charge is -2.25. The predicted molar refractivity (Wildman–Crippen MR) is 62.9 cm³/mol. The Morgan fingerprint density at radius 2 is 2.25 bits per heavy atom. The molecule has 1 amide bonds. The van der Waals surface area contributed by atoms with Gasteiger partial charge in [0, 0.05) is 13.0 Å². The largest absolute Gasteiger partial charge is 0.469 e. The topological polar surface area (TPSA) is 68.3 Å². The first kappa shape index (κ1) is 12.8. The molecule has 0 saturated carbocycles. The molecular weight excluding hydrogens is 204 g/mol. The van der Waals surface area contributed by atoms with E-state index in [0.29, 0.717) is 13.0 Å². The van der Waals surface area contributed by atoms with Gasteiger partial charge in [0.15, 0.2) is 0 Å². The Balaban J connectivity index is 2.30. The van der Waals surface area contributed by atoms with Crippen LogP contribution in [0.15, 0.2) is 22.8 Å². The maximum atomic E-state index is 11.7. The Bertz CT molecular complexity index is 325. The summed E-state index contributed by atoms with van der Waals surface area (Å²) in [4.78, 5) is 11.7. The molecule has 90 valence electrons. The smallest absolute Gasteiger partial charge is 0.237 e. The van der Waals surface area contributed by atoms with E-state index in [1.54, 1.807) is 6.26 Å². The fourth-order valence-corrected chi connectivity index (χ4v) is 1.27. The number of carbonyl (C=O) groups excluding carboxylic acids is 1. The van der Waals surface area contributed by atoms with Crippen LogP contribution in [-0.4, -0.2) is 18.5 Å². The van der Waals surface area contributed by atoms with Gasteiger partial charge >= 0.3 is 0 Å². The van der Waals surface area contributed by atoms with Gasteiger partial charge in [-0.05, 0) is 17.5 Å². The van der Waals surface area contributed by atoms with Gasteiger partial charge in [-0.25, -0.2) is 0 Å². The summed E-state index contributed by atoms with van der Waals surface area (Å²) < 4.78 is 5.16. The molecule has 1 atom stereocenters. The van der Waals surface area contributed by atoms with E-state index in [1.165, 1.54) is 0 Å². The minimum atomic E-state index is -0.482. The zero-order chi connectivity index (χ0) is 12.2. The lowest BCUT2D eigenvalue weighted by atomic mass is 9.87. The first-order valence-electron chi connectivity index (χ1n) is 5.47. The molecular formula is C12H20N2O2. The molecule has 3 N–H and O–H groups in total. The minimum Gasteiger partial charge on any atom is -0.469 e. The van der Waals surface area contributed by atoms with Crippen LogP contribution in [0.2, 0.25) is 0 Å². The van der Waals surface area contributed by atoms with Crippen molar-refractivity contribution in [2.45, 2.75) is 33.2 Å². The zero-order valence-electron chi connectivity index (χ0n) is 10.1. The summed E-state index contributed by atoms with van der Waals surface area (Å²) in [5.41, 5.74) is 5.60.